The summed E-state index contributed by atoms with van der Waals surface area (Å²) in [5, 5.41) is 22.8. The first-order valence-electron chi connectivity index (χ1n) is 6.85. The monoisotopic (exact) mass is 362 g/mol. The summed E-state index contributed by atoms with van der Waals surface area (Å²) in [4.78, 5) is 11.1. The number of para-hydroxylation sites is 1. The molecule has 0 saturated heterocycles. The Hall–Kier alpha value is -2.52. The number of nitro groups is 1. The zero-order chi connectivity index (χ0) is 16.9. The number of benzene rings is 2. The van der Waals surface area contributed by atoms with Gasteiger partial charge in [0.05, 0.1) is 9.82 Å². The van der Waals surface area contributed by atoms with Crippen molar-refractivity contribution in [1.82, 2.24) is 10.2 Å². The van der Waals surface area contributed by atoms with Crippen LogP contribution in [0.15, 0.2) is 57.8 Å². The second-order valence-corrected chi connectivity index (χ2v) is 6.95. The maximum absolute atomic E-state index is 12.9. The van der Waals surface area contributed by atoms with Crippen LogP contribution in [0.2, 0.25) is 0 Å². The zero-order valence-electron chi connectivity index (χ0n) is 12.2. The molecule has 1 N–H and O–H groups in total. The smallest absolute Gasteiger partial charge is 0.283 e. The molecule has 1 heterocycles. The molecule has 9 heteroatoms. The highest BCUT2D eigenvalue weighted by atomic mass is 32.2. The van der Waals surface area contributed by atoms with E-state index in [-0.39, 0.29) is 11.5 Å². The molecule has 3 aromatic rings. The fourth-order valence-electron chi connectivity index (χ4n) is 1.89. The van der Waals surface area contributed by atoms with Gasteiger partial charge in [-0.1, -0.05) is 35.6 Å². The molecular formula is C15H11FN4O2S2. The maximum Gasteiger partial charge on any atom is 0.283 e. The van der Waals surface area contributed by atoms with E-state index in [0.29, 0.717) is 20.9 Å². The van der Waals surface area contributed by atoms with Crippen LogP contribution in [-0.4, -0.2) is 15.1 Å². The predicted molar refractivity (Wildman–Crippen MR) is 90.9 cm³/mol. The van der Waals surface area contributed by atoms with Crippen molar-refractivity contribution in [3.63, 3.8) is 0 Å². The van der Waals surface area contributed by atoms with Gasteiger partial charge in [-0.2, -0.15) is 0 Å². The van der Waals surface area contributed by atoms with E-state index in [0.717, 1.165) is 5.56 Å². The molecule has 0 spiro atoms. The summed E-state index contributed by atoms with van der Waals surface area (Å²) < 4.78 is 13.5. The van der Waals surface area contributed by atoms with E-state index in [4.69, 9.17) is 0 Å². The SMILES string of the molecule is O=[N+]([O-])c1ccccc1Sc1nnc(NCc2ccc(F)cc2)s1. The molecule has 0 amide bonds. The quantitative estimate of drug-likeness (QED) is 0.519. The molecule has 6 nitrogen and oxygen atoms in total. The van der Waals surface area contributed by atoms with Gasteiger partial charge < -0.3 is 5.32 Å². The largest absolute Gasteiger partial charge is 0.356 e. The minimum absolute atomic E-state index is 0.0403. The van der Waals surface area contributed by atoms with Gasteiger partial charge in [0.25, 0.3) is 5.69 Å². The molecule has 0 fully saturated rings. The lowest BCUT2D eigenvalue weighted by molar-refractivity contribution is -0.387. The van der Waals surface area contributed by atoms with Crippen molar-refractivity contribution < 1.29 is 9.31 Å². The number of halogens is 1. The summed E-state index contributed by atoms with van der Waals surface area (Å²) in [6.07, 6.45) is 0. The number of nitrogens with zero attached hydrogens (tertiary/aromatic N) is 3. The molecule has 1 aromatic heterocycles. The van der Waals surface area contributed by atoms with Crippen LogP contribution >= 0.6 is 23.1 Å². The van der Waals surface area contributed by atoms with Crippen LogP contribution in [0.3, 0.4) is 0 Å². The van der Waals surface area contributed by atoms with Crippen molar-refractivity contribution in [2.75, 3.05) is 5.32 Å². The summed E-state index contributed by atoms with van der Waals surface area (Å²) in [5.74, 6) is -0.280. The highest BCUT2D eigenvalue weighted by molar-refractivity contribution is 8.01. The highest BCUT2D eigenvalue weighted by Crippen LogP contribution is 2.36. The first kappa shape index (κ1) is 16.3. The van der Waals surface area contributed by atoms with Crippen LogP contribution in [-0.2, 0) is 6.54 Å². The molecule has 0 aliphatic carbocycles. The summed E-state index contributed by atoms with van der Waals surface area (Å²) in [6.45, 7) is 0.491. The Morgan fingerprint density at radius 1 is 1.17 bits per heavy atom. The Bertz CT molecular complexity index is 855. The van der Waals surface area contributed by atoms with Crippen molar-refractivity contribution in [2.45, 2.75) is 15.8 Å². The lowest BCUT2D eigenvalue weighted by atomic mass is 10.2. The number of anilines is 1. The van der Waals surface area contributed by atoms with Crippen molar-refractivity contribution >= 4 is 33.9 Å². The highest BCUT2D eigenvalue weighted by Gasteiger charge is 2.15. The number of hydrogen-bond acceptors (Lipinski definition) is 7. The third-order valence-electron chi connectivity index (χ3n) is 3.02. The predicted octanol–water partition coefficient (Wildman–Crippen LogP) is 4.35. The van der Waals surface area contributed by atoms with Gasteiger partial charge in [0.1, 0.15) is 5.82 Å². The Morgan fingerprint density at radius 3 is 2.67 bits per heavy atom. The van der Waals surface area contributed by atoms with E-state index in [1.165, 1.54) is 41.3 Å². The molecule has 24 heavy (non-hydrogen) atoms. The van der Waals surface area contributed by atoms with Crippen LogP contribution in [0.4, 0.5) is 15.2 Å². The van der Waals surface area contributed by atoms with Gasteiger partial charge in [-0.15, -0.1) is 10.2 Å². The lowest BCUT2D eigenvalue weighted by Gasteiger charge is -2.01. The first-order valence-corrected chi connectivity index (χ1v) is 8.48. The Morgan fingerprint density at radius 2 is 1.92 bits per heavy atom. The Kier molecular flexibility index (Phi) is 5.02. The van der Waals surface area contributed by atoms with Crippen molar-refractivity contribution in [3.05, 3.63) is 70.0 Å². The Labute approximate surface area is 144 Å². The summed E-state index contributed by atoms with van der Waals surface area (Å²) in [6, 6.07) is 12.7. The van der Waals surface area contributed by atoms with Crippen LogP contribution < -0.4 is 5.32 Å². The molecular weight excluding hydrogens is 351 g/mol. The second kappa shape index (κ2) is 7.37. The number of rotatable bonds is 6. The molecule has 2 aromatic carbocycles. The minimum Gasteiger partial charge on any atom is -0.356 e. The normalized spacial score (nSPS) is 10.5. The van der Waals surface area contributed by atoms with E-state index in [1.54, 1.807) is 30.3 Å². The van der Waals surface area contributed by atoms with E-state index in [1.807, 2.05) is 0 Å². The number of aromatic nitrogens is 2. The average molecular weight is 362 g/mol. The van der Waals surface area contributed by atoms with Gasteiger partial charge in [0.2, 0.25) is 5.13 Å². The van der Waals surface area contributed by atoms with Gasteiger partial charge in [0, 0.05) is 12.6 Å². The zero-order valence-corrected chi connectivity index (χ0v) is 13.8. The molecule has 3 rings (SSSR count). The molecule has 0 unspecified atom stereocenters. The molecule has 0 saturated carbocycles. The van der Waals surface area contributed by atoms with Gasteiger partial charge in [-0.3, -0.25) is 10.1 Å². The summed E-state index contributed by atoms with van der Waals surface area (Å²) in [5.41, 5.74) is 0.957. The Balaban J connectivity index is 1.65. The van der Waals surface area contributed by atoms with Gasteiger partial charge >= 0.3 is 0 Å². The fraction of sp³-hybridized carbons (Fsp3) is 0.0667. The topological polar surface area (TPSA) is 81.0 Å². The van der Waals surface area contributed by atoms with E-state index < -0.39 is 4.92 Å². The fourth-order valence-corrected chi connectivity index (χ4v) is 3.70. The van der Waals surface area contributed by atoms with Gasteiger partial charge in [-0.05, 0) is 35.5 Å². The van der Waals surface area contributed by atoms with Crippen LogP contribution in [0.5, 0.6) is 0 Å². The number of nitro benzene ring substituents is 1. The summed E-state index contributed by atoms with van der Waals surface area (Å²) in [7, 11) is 0. The molecule has 0 bridgehead atoms. The van der Waals surface area contributed by atoms with Crippen LogP contribution in [0.1, 0.15) is 5.56 Å². The third kappa shape index (κ3) is 4.06. The van der Waals surface area contributed by atoms with Crippen molar-refractivity contribution in [3.8, 4) is 0 Å². The standard InChI is InChI=1S/C15H11FN4O2S2/c16-11-7-5-10(6-8-11)9-17-14-18-19-15(24-14)23-13-4-2-1-3-12(13)20(21)22/h1-8H,9H2,(H,17,18). The number of hydrogen-bond donors (Lipinski definition) is 1. The van der Waals surface area contributed by atoms with Crippen molar-refractivity contribution in [2.24, 2.45) is 0 Å². The van der Waals surface area contributed by atoms with E-state index in [2.05, 4.69) is 15.5 Å². The first-order chi connectivity index (χ1) is 11.6. The third-order valence-corrected chi connectivity index (χ3v) is 5.02. The van der Waals surface area contributed by atoms with E-state index in [9.17, 15) is 14.5 Å². The molecule has 0 aliphatic rings. The molecule has 0 aliphatic heterocycles. The van der Waals surface area contributed by atoms with Crippen molar-refractivity contribution in [1.29, 1.82) is 0 Å². The van der Waals surface area contributed by atoms with Crippen LogP contribution in [0, 0.1) is 15.9 Å². The number of nitrogens with one attached hydrogen (secondary N) is 1. The minimum atomic E-state index is -0.420. The second-order valence-electron chi connectivity index (χ2n) is 4.68. The van der Waals surface area contributed by atoms with Crippen LogP contribution in [0.25, 0.3) is 0 Å². The molecule has 0 radical (unpaired) electrons. The van der Waals surface area contributed by atoms with Gasteiger partial charge in [-0.25, -0.2) is 4.39 Å². The summed E-state index contributed by atoms with van der Waals surface area (Å²) >= 11 is 2.50. The average Bonchev–Trinajstić information content (AvgIpc) is 3.02. The van der Waals surface area contributed by atoms with E-state index >= 15 is 0 Å². The maximum atomic E-state index is 12.9. The molecule has 0 atom stereocenters. The van der Waals surface area contributed by atoms with Gasteiger partial charge in [0.15, 0.2) is 4.34 Å². The lowest BCUT2D eigenvalue weighted by Crippen LogP contribution is -1.98. The molecule has 122 valence electrons.